The largest absolute Gasteiger partial charge is 0.328 e. The number of nitrogens with zero attached hydrogens (tertiary/aromatic N) is 1. The minimum atomic E-state index is -0.355. The molecule has 4 heteroatoms. The van der Waals surface area contributed by atoms with Gasteiger partial charge in [0.2, 0.25) is 0 Å². The van der Waals surface area contributed by atoms with Gasteiger partial charge in [0.15, 0.2) is 0 Å². The number of benzene rings is 1. The maximum absolute atomic E-state index is 13.4. The molecule has 0 amide bonds. The molecule has 0 aliphatic carbocycles. The zero-order valence-electron chi connectivity index (χ0n) is 9.29. The summed E-state index contributed by atoms with van der Waals surface area (Å²) in [6, 6.07) is 5.42. The minimum Gasteiger partial charge on any atom is -0.328 e. The van der Waals surface area contributed by atoms with Crippen LogP contribution in [-0.2, 0) is 0 Å². The molecule has 0 saturated carbocycles. The second kappa shape index (κ2) is 4.70. The van der Waals surface area contributed by atoms with Crippen molar-refractivity contribution < 1.29 is 4.39 Å². The Labute approximate surface area is 100 Å². The van der Waals surface area contributed by atoms with E-state index in [9.17, 15) is 4.39 Å². The molecule has 2 N–H and O–H groups in total. The summed E-state index contributed by atoms with van der Waals surface area (Å²) >= 11 is 5.67. The zero-order chi connectivity index (χ0) is 11.7. The Kier molecular flexibility index (Phi) is 3.47. The number of rotatable bonds is 1. The van der Waals surface area contributed by atoms with Gasteiger partial charge in [-0.3, -0.25) is 4.90 Å². The fourth-order valence-electron chi connectivity index (χ4n) is 2.22. The van der Waals surface area contributed by atoms with E-state index in [1.165, 1.54) is 6.07 Å². The molecule has 0 spiro atoms. The third-order valence-corrected chi connectivity index (χ3v) is 3.55. The molecule has 0 radical (unpaired) electrons. The minimum absolute atomic E-state index is 0.173. The highest BCUT2D eigenvalue weighted by Crippen LogP contribution is 2.30. The predicted octanol–water partition coefficient (Wildman–Crippen LogP) is 2.57. The Morgan fingerprint density at radius 2 is 2.25 bits per heavy atom. The van der Waals surface area contributed by atoms with Gasteiger partial charge in [-0.1, -0.05) is 17.7 Å². The molecule has 0 bridgehead atoms. The standard InChI is InChI=1S/C12H16ClFN2/c1-16-5-4-9(15)7-12(16)8-2-3-10(13)11(14)6-8/h2-3,6,9,12H,4-5,7,15H2,1H3. The summed E-state index contributed by atoms with van der Waals surface area (Å²) in [5, 5.41) is 0.173. The predicted molar refractivity (Wildman–Crippen MR) is 64.0 cm³/mol. The molecule has 2 unspecified atom stereocenters. The lowest BCUT2D eigenvalue weighted by atomic mass is 9.93. The number of halogens is 2. The summed E-state index contributed by atoms with van der Waals surface area (Å²) < 4.78 is 13.4. The lowest BCUT2D eigenvalue weighted by Crippen LogP contribution is -2.39. The van der Waals surface area contributed by atoms with Gasteiger partial charge in [-0.15, -0.1) is 0 Å². The molecule has 1 saturated heterocycles. The SMILES string of the molecule is CN1CCC(N)CC1c1ccc(Cl)c(F)c1. The second-order valence-corrected chi connectivity index (χ2v) is 4.86. The normalized spacial score (nSPS) is 27.0. The Morgan fingerprint density at radius 1 is 1.50 bits per heavy atom. The third-order valence-electron chi connectivity index (χ3n) is 3.24. The Balaban J connectivity index is 2.24. The molecule has 2 nitrogen and oxygen atoms in total. The first-order valence-corrected chi connectivity index (χ1v) is 5.86. The molecular weight excluding hydrogens is 227 g/mol. The first-order chi connectivity index (χ1) is 7.58. The summed E-state index contributed by atoms with van der Waals surface area (Å²) in [5.41, 5.74) is 6.90. The van der Waals surface area contributed by atoms with E-state index in [4.69, 9.17) is 17.3 Å². The Bertz CT molecular complexity index is 383. The molecule has 1 aliphatic heterocycles. The van der Waals surface area contributed by atoms with Crippen LogP contribution in [-0.4, -0.2) is 24.5 Å². The van der Waals surface area contributed by atoms with Gasteiger partial charge in [-0.2, -0.15) is 0 Å². The van der Waals surface area contributed by atoms with E-state index in [0.29, 0.717) is 0 Å². The Morgan fingerprint density at radius 3 is 2.94 bits per heavy atom. The molecule has 1 fully saturated rings. The number of hydrogen-bond donors (Lipinski definition) is 1. The number of piperidine rings is 1. The molecule has 88 valence electrons. The van der Waals surface area contributed by atoms with Crippen molar-refractivity contribution in [2.45, 2.75) is 24.9 Å². The van der Waals surface area contributed by atoms with Crippen LogP contribution in [0.2, 0.25) is 5.02 Å². The molecule has 1 aliphatic rings. The van der Waals surface area contributed by atoms with E-state index in [2.05, 4.69) is 4.90 Å². The monoisotopic (exact) mass is 242 g/mol. The van der Waals surface area contributed by atoms with Gasteiger partial charge in [-0.05, 0) is 44.1 Å². The molecule has 2 rings (SSSR count). The van der Waals surface area contributed by atoms with E-state index in [-0.39, 0.29) is 22.9 Å². The zero-order valence-corrected chi connectivity index (χ0v) is 10.0. The van der Waals surface area contributed by atoms with E-state index < -0.39 is 0 Å². The molecule has 1 heterocycles. The molecule has 16 heavy (non-hydrogen) atoms. The van der Waals surface area contributed by atoms with Gasteiger partial charge >= 0.3 is 0 Å². The van der Waals surface area contributed by atoms with E-state index in [0.717, 1.165) is 24.9 Å². The van der Waals surface area contributed by atoms with Crippen LogP contribution < -0.4 is 5.73 Å². The second-order valence-electron chi connectivity index (χ2n) is 4.45. The van der Waals surface area contributed by atoms with Crippen molar-refractivity contribution >= 4 is 11.6 Å². The van der Waals surface area contributed by atoms with Crippen LogP contribution >= 0.6 is 11.6 Å². The fraction of sp³-hybridized carbons (Fsp3) is 0.500. The lowest BCUT2D eigenvalue weighted by Gasteiger charge is -2.36. The van der Waals surface area contributed by atoms with Crippen molar-refractivity contribution in [2.24, 2.45) is 5.73 Å². The summed E-state index contributed by atoms with van der Waals surface area (Å²) in [4.78, 5) is 2.21. The highest BCUT2D eigenvalue weighted by molar-refractivity contribution is 6.30. The van der Waals surface area contributed by atoms with Gasteiger partial charge in [0.25, 0.3) is 0 Å². The summed E-state index contributed by atoms with van der Waals surface area (Å²) in [6.45, 7) is 0.954. The van der Waals surface area contributed by atoms with Crippen molar-refractivity contribution in [3.8, 4) is 0 Å². The summed E-state index contributed by atoms with van der Waals surface area (Å²) in [6.07, 6.45) is 1.88. The van der Waals surface area contributed by atoms with Crippen molar-refractivity contribution in [1.29, 1.82) is 0 Å². The first kappa shape index (κ1) is 11.8. The number of likely N-dealkylation sites (tertiary alicyclic amines) is 1. The fourth-order valence-corrected chi connectivity index (χ4v) is 2.34. The van der Waals surface area contributed by atoms with E-state index in [1.54, 1.807) is 6.07 Å². The average Bonchev–Trinajstić information content (AvgIpc) is 2.26. The van der Waals surface area contributed by atoms with E-state index in [1.807, 2.05) is 13.1 Å². The average molecular weight is 243 g/mol. The van der Waals surface area contributed by atoms with Crippen molar-refractivity contribution in [3.05, 3.63) is 34.6 Å². The maximum atomic E-state index is 13.4. The van der Waals surface area contributed by atoms with Crippen LogP contribution in [0.5, 0.6) is 0 Å². The highest BCUT2D eigenvalue weighted by Gasteiger charge is 2.25. The van der Waals surface area contributed by atoms with Crippen molar-refractivity contribution in [2.75, 3.05) is 13.6 Å². The molecule has 0 aromatic heterocycles. The van der Waals surface area contributed by atoms with Crippen molar-refractivity contribution in [3.63, 3.8) is 0 Å². The Hall–Kier alpha value is -0.640. The highest BCUT2D eigenvalue weighted by atomic mass is 35.5. The number of hydrogen-bond acceptors (Lipinski definition) is 2. The van der Waals surface area contributed by atoms with Crippen LogP contribution in [0.4, 0.5) is 4.39 Å². The lowest BCUT2D eigenvalue weighted by molar-refractivity contribution is 0.171. The third kappa shape index (κ3) is 2.37. The molecular formula is C12H16ClFN2. The number of nitrogens with two attached hydrogens (primary N) is 1. The maximum Gasteiger partial charge on any atom is 0.142 e. The van der Waals surface area contributed by atoms with Gasteiger partial charge in [0, 0.05) is 12.1 Å². The van der Waals surface area contributed by atoms with Gasteiger partial charge < -0.3 is 5.73 Å². The quantitative estimate of drug-likeness (QED) is 0.820. The van der Waals surface area contributed by atoms with Crippen LogP contribution in [0.15, 0.2) is 18.2 Å². The summed E-state index contributed by atoms with van der Waals surface area (Å²) in [5.74, 6) is -0.355. The van der Waals surface area contributed by atoms with Gasteiger partial charge in [0.1, 0.15) is 5.82 Å². The first-order valence-electron chi connectivity index (χ1n) is 5.48. The van der Waals surface area contributed by atoms with Crippen LogP contribution in [0, 0.1) is 5.82 Å². The topological polar surface area (TPSA) is 29.3 Å². The van der Waals surface area contributed by atoms with Crippen molar-refractivity contribution in [1.82, 2.24) is 4.90 Å². The van der Waals surface area contributed by atoms with Crippen LogP contribution in [0.1, 0.15) is 24.4 Å². The smallest absolute Gasteiger partial charge is 0.142 e. The van der Waals surface area contributed by atoms with Crippen LogP contribution in [0.3, 0.4) is 0 Å². The molecule has 1 aromatic rings. The summed E-state index contributed by atoms with van der Waals surface area (Å²) in [7, 11) is 2.04. The van der Waals surface area contributed by atoms with E-state index >= 15 is 0 Å². The van der Waals surface area contributed by atoms with Crippen LogP contribution in [0.25, 0.3) is 0 Å². The molecule has 2 atom stereocenters. The molecule has 1 aromatic carbocycles. The van der Waals surface area contributed by atoms with Gasteiger partial charge in [0.05, 0.1) is 5.02 Å². The van der Waals surface area contributed by atoms with Gasteiger partial charge in [-0.25, -0.2) is 4.39 Å².